The Bertz CT molecular complexity index is 177. The molecule has 2 aliphatic heterocycles. The zero-order valence-electron chi connectivity index (χ0n) is 4.53. The van der Waals surface area contributed by atoms with Crippen molar-refractivity contribution in [3.63, 3.8) is 0 Å². The number of nitrogens with zero attached hydrogens (tertiary/aromatic N) is 2. The second-order valence-corrected chi connectivity index (χ2v) is 4.70. The summed E-state index contributed by atoms with van der Waals surface area (Å²) in [6, 6.07) is 0. The number of nitrogens with one attached hydrogen (secondary N) is 2. The Kier molecular flexibility index (Phi) is 2.22. The van der Waals surface area contributed by atoms with Crippen molar-refractivity contribution in [2.45, 2.75) is 0 Å². The first-order chi connectivity index (χ1) is 4.97. The highest BCUT2D eigenvalue weighted by atomic mass is 33.1. The summed E-state index contributed by atoms with van der Waals surface area (Å²) >= 11 is 0. The van der Waals surface area contributed by atoms with Crippen molar-refractivity contribution in [3.05, 3.63) is 0 Å². The van der Waals surface area contributed by atoms with E-state index in [2.05, 4.69) is 18.2 Å². The molecule has 0 amide bonds. The van der Waals surface area contributed by atoms with Gasteiger partial charge in [0.1, 0.15) is 0 Å². The third kappa shape index (κ3) is 1.34. The molecule has 0 aromatic carbocycles. The third-order valence-electron chi connectivity index (χ3n) is 0.833. The second kappa shape index (κ2) is 3.16. The van der Waals surface area contributed by atoms with Crippen LogP contribution in [0.3, 0.4) is 0 Å². The van der Waals surface area contributed by atoms with Crippen LogP contribution in [0.4, 0.5) is 0 Å². The molecular weight excluding hydrogens is 208 g/mol. The first-order valence-electron chi connectivity index (χ1n) is 2.30. The van der Waals surface area contributed by atoms with Crippen molar-refractivity contribution in [2.24, 2.45) is 8.80 Å². The molecule has 2 aliphatic rings. The molecule has 0 atom stereocenters. The van der Waals surface area contributed by atoms with Gasteiger partial charge in [0.2, 0.25) is 0 Å². The molecule has 4 nitrogen and oxygen atoms in total. The molecule has 0 aliphatic carbocycles. The van der Waals surface area contributed by atoms with E-state index in [1.54, 1.807) is 0 Å². The zero-order valence-corrected chi connectivity index (χ0v) is 7.79. The zero-order chi connectivity index (χ0) is 6.81. The quantitative estimate of drug-likeness (QED) is 0.504. The van der Waals surface area contributed by atoms with Gasteiger partial charge in [-0.15, -0.1) is 0 Å². The van der Waals surface area contributed by atoms with Crippen molar-refractivity contribution in [3.8, 4) is 0 Å². The molecule has 0 aromatic heterocycles. The van der Waals surface area contributed by atoms with Crippen LogP contribution in [0.1, 0.15) is 0 Å². The van der Waals surface area contributed by atoms with Crippen LogP contribution in [0, 0.1) is 0 Å². The largest absolute Gasteiger partial charge is 0.300 e. The summed E-state index contributed by atoms with van der Waals surface area (Å²) in [7, 11) is 5.83. The molecule has 54 valence electrons. The van der Waals surface area contributed by atoms with Crippen LogP contribution in [0.15, 0.2) is 8.80 Å². The van der Waals surface area contributed by atoms with Gasteiger partial charge < -0.3 is 9.44 Å². The predicted molar refractivity (Wildman–Crippen MR) is 51.5 cm³/mol. The monoisotopic (exact) mass is 210 g/mol. The van der Waals surface area contributed by atoms with E-state index in [0.717, 1.165) is 11.7 Å². The average molecular weight is 210 g/mol. The molecule has 0 saturated carbocycles. The minimum atomic E-state index is 0.826. The third-order valence-corrected chi connectivity index (χ3v) is 3.44. The van der Waals surface area contributed by atoms with Crippen molar-refractivity contribution in [1.82, 2.24) is 9.44 Å². The molecule has 0 bridgehead atoms. The molecule has 0 radical (unpaired) electrons. The average Bonchev–Trinajstić information content (AvgIpc) is 2.59. The van der Waals surface area contributed by atoms with Gasteiger partial charge in [0, 0.05) is 22.0 Å². The van der Waals surface area contributed by atoms with Crippen LogP contribution in [0.2, 0.25) is 0 Å². The molecule has 2 heterocycles. The lowest BCUT2D eigenvalue weighted by Gasteiger charge is -1.96. The molecule has 2 N–H and O–H groups in total. The van der Waals surface area contributed by atoms with Gasteiger partial charge in [0.15, 0.2) is 11.7 Å². The number of hydrogen-bond acceptors (Lipinski definition) is 8. The van der Waals surface area contributed by atoms with Gasteiger partial charge in [-0.1, -0.05) is 0 Å². The van der Waals surface area contributed by atoms with Gasteiger partial charge >= 0.3 is 0 Å². The van der Waals surface area contributed by atoms with Crippen molar-refractivity contribution >= 4 is 55.6 Å². The van der Waals surface area contributed by atoms with Crippen LogP contribution in [-0.4, -0.2) is 11.7 Å². The van der Waals surface area contributed by atoms with E-state index in [9.17, 15) is 0 Å². The number of hydrogen-bond donors (Lipinski definition) is 2. The minimum absolute atomic E-state index is 0.826. The highest BCUT2D eigenvalue weighted by molar-refractivity contribution is 8.76. The van der Waals surface area contributed by atoms with E-state index in [4.69, 9.17) is 0 Å². The lowest BCUT2D eigenvalue weighted by atomic mass is 10.6. The van der Waals surface area contributed by atoms with Crippen LogP contribution < -0.4 is 9.44 Å². The van der Waals surface area contributed by atoms with E-state index >= 15 is 0 Å². The van der Waals surface area contributed by atoms with Crippen LogP contribution >= 0.6 is 43.9 Å². The first kappa shape index (κ1) is 7.01. The summed E-state index contributed by atoms with van der Waals surface area (Å²) in [6.45, 7) is 0. The van der Waals surface area contributed by atoms with Gasteiger partial charge in [-0.2, -0.15) is 8.80 Å². The smallest absolute Gasteiger partial charge is 0.190 e. The Balaban J connectivity index is 2.10. The summed E-state index contributed by atoms with van der Waals surface area (Å²) in [5, 5.41) is 0. The normalized spacial score (nSPS) is 23.2. The van der Waals surface area contributed by atoms with Gasteiger partial charge in [0.25, 0.3) is 0 Å². The topological polar surface area (TPSA) is 48.8 Å². The minimum Gasteiger partial charge on any atom is -0.300 e. The molecule has 8 heteroatoms. The lowest BCUT2D eigenvalue weighted by molar-refractivity contribution is 1.49. The Morgan fingerprint density at radius 2 is 1.40 bits per heavy atom. The molecule has 0 saturated heterocycles. The molecular formula is C2H2N4S4. The Morgan fingerprint density at radius 3 is 1.70 bits per heavy atom. The van der Waals surface area contributed by atoms with Gasteiger partial charge in [-0.3, -0.25) is 0 Å². The fourth-order valence-corrected chi connectivity index (χ4v) is 2.94. The highest BCUT2D eigenvalue weighted by Crippen LogP contribution is 2.29. The van der Waals surface area contributed by atoms with Crippen LogP contribution in [0.5, 0.6) is 0 Å². The molecule has 0 unspecified atom stereocenters. The van der Waals surface area contributed by atoms with Crippen LogP contribution in [-0.2, 0) is 0 Å². The molecule has 0 aromatic rings. The highest BCUT2D eigenvalue weighted by Gasteiger charge is 2.17. The van der Waals surface area contributed by atoms with E-state index in [-0.39, 0.29) is 0 Å². The van der Waals surface area contributed by atoms with Gasteiger partial charge in [-0.05, 0) is 0 Å². The predicted octanol–water partition coefficient (Wildman–Crippen LogP) is 1.41. The maximum absolute atomic E-state index is 4.08. The maximum Gasteiger partial charge on any atom is 0.190 e. The van der Waals surface area contributed by atoms with Gasteiger partial charge in [0.05, 0.1) is 22.0 Å². The van der Waals surface area contributed by atoms with Crippen LogP contribution in [0.25, 0.3) is 0 Å². The summed E-state index contributed by atoms with van der Waals surface area (Å²) < 4.78 is 14.2. The molecule has 10 heavy (non-hydrogen) atoms. The summed E-state index contributed by atoms with van der Waals surface area (Å²) in [5.41, 5.74) is 0. The Labute approximate surface area is 73.8 Å². The van der Waals surface area contributed by atoms with E-state index in [1.165, 1.54) is 43.9 Å². The van der Waals surface area contributed by atoms with E-state index in [1.807, 2.05) is 0 Å². The molecule has 0 fully saturated rings. The van der Waals surface area contributed by atoms with Crippen molar-refractivity contribution in [1.29, 1.82) is 0 Å². The van der Waals surface area contributed by atoms with E-state index in [0.29, 0.717) is 0 Å². The lowest BCUT2D eigenvalue weighted by Crippen LogP contribution is -2.29. The first-order valence-corrected chi connectivity index (χ1v) is 6.52. The number of amidine groups is 2. The Morgan fingerprint density at radius 1 is 0.900 bits per heavy atom. The van der Waals surface area contributed by atoms with Crippen molar-refractivity contribution in [2.75, 3.05) is 0 Å². The molecule has 0 spiro atoms. The van der Waals surface area contributed by atoms with Gasteiger partial charge in [-0.25, -0.2) is 0 Å². The number of rotatable bonds is 1. The summed E-state index contributed by atoms with van der Waals surface area (Å²) in [6.07, 6.45) is 0. The second-order valence-electron chi connectivity index (χ2n) is 1.40. The SMILES string of the molecule is N1=C(C2=NSSN2)NSS1. The van der Waals surface area contributed by atoms with E-state index < -0.39 is 0 Å². The molecule has 2 rings (SSSR count). The maximum atomic E-state index is 4.08. The summed E-state index contributed by atoms with van der Waals surface area (Å²) in [5.74, 6) is 1.65. The Hall–Kier alpha value is 0.340. The summed E-state index contributed by atoms with van der Waals surface area (Å²) in [4.78, 5) is 0. The fraction of sp³-hybridized carbons (Fsp3) is 0. The standard InChI is InChI=1S/C2H2N4S4/c3-1(4-8-7-3)2-5-9-10-6-2/h(H,3,4)(H,5,6). The van der Waals surface area contributed by atoms with Crippen molar-refractivity contribution < 1.29 is 0 Å². The fourth-order valence-electron chi connectivity index (χ4n) is 0.448.